The molecule has 0 saturated carbocycles. The number of benzene rings is 2. The zero-order chi connectivity index (χ0) is 34.1. The Morgan fingerprint density at radius 2 is 1.62 bits per heavy atom. The van der Waals surface area contributed by atoms with Crippen molar-refractivity contribution in [1.82, 2.24) is 14.3 Å². The zero-order valence-corrected chi connectivity index (χ0v) is 28.4. The molecule has 2 aromatic carbocycles. The number of carbonyl (C=O) groups is 2. The number of aromatic nitrogens is 2. The summed E-state index contributed by atoms with van der Waals surface area (Å²) in [6.45, 7) is 7.37. The van der Waals surface area contributed by atoms with Crippen LogP contribution in [0.5, 0.6) is 5.75 Å². The Balaban J connectivity index is 1.54. The van der Waals surface area contributed by atoms with Crippen molar-refractivity contribution < 1.29 is 32.3 Å². The third-order valence-electron chi connectivity index (χ3n) is 7.95. The molecule has 2 atom stereocenters. The molecule has 0 radical (unpaired) electrons. The van der Waals surface area contributed by atoms with Gasteiger partial charge in [0.15, 0.2) is 17.5 Å². The van der Waals surface area contributed by atoms with Crippen LogP contribution < -0.4 is 4.74 Å². The maximum atomic E-state index is 13.7. The van der Waals surface area contributed by atoms with Gasteiger partial charge >= 0.3 is 0 Å². The molecule has 0 aliphatic carbocycles. The molecule has 0 amide bonds. The van der Waals surface area contributed by atoms with Crippen molar-refractivity contribution in [3.8, 4) is 5.75 Å². The lowest BCUT2D eigenvalue weighted by atomic mass is 9.87. The van der Waals surface area contributed by atoms with Gasteiger partial charge in [-0.3, -0.25) is 14.6 Å². The van der Waals surface area contributed by atoms with Crippen LogP contribution in [0.1, 0.15) is 70.3 Å². The van der Waals surface area contributed by atoms with Gasteiger partial charge in [0.25, 0.3) is 0 Å². The van der Waals surface area contributed by atoms with E-state index in [-0.39, 0.29) is 53.9 Å². The van der Waals surface area contributed by atoms with E-state index in [1.165, 1.54) is 42.0 Å². The van der Waals surface area contributed by atoms with Gasteiger partial charge in [0.2, 0.25) is 10.0 Å². The van der Waals surface area contributed by atoms with E-state index in [0.717, 1.165) is 11.3 Å². The van der Waals surface area contributed by atoms with Gasteiger partial charge in [-0.05, 0) is 61.1 Å². The maximum absolute atomic E-state index is 13.7. The van der Waals surface area contributed by atoms with Crippen molar-refractivity contribution in [3.05, 3.63) is 107 Å². The summed E-state index contributed by atoms with van der Waals surface area (Å²) >= 11 is 0. The number of nitrogens with zero attached hydrogens (tertiary/aromatic N) is 3. The molecule has 4 rings (SSSR count). The average molecular weight is 662 g/mol. The van der Waals surface area contributed by atoms with Crippen molar-refractivity contribution in [1.29, 1.82) is 0 Å². The van der Waals surface area contributed by atoms with Gasteiger partial charge in [0.05, 0.1) is 23.8 Å². The molecule has 0 aliphatic rings. The average Bonchev–Trinajstić information content (AvgIpc) is 3.39. The number of ether oxygens (including phenoxy) is 1. The largest absolute Gasteiger partial charge is 0.497 e. The molecule has 250 valence electrons. The first-order chi connectivity index (χ1) is 22.4. The molecule has 2 heterocycles. The number of sulfonamides is 1. The van der Waals surface area contributed by atoms with Gasteiger partial charge in [0.1, 0.15) is 11.5 Å². The second-order valence-electron chi connectivity index (χ2n) is 12.2. The number of rotatable bonds is 17. The minimum Gasteiger partial charge on any atom is -0.497 e. The quantitative estimate of drug-likeness (QED) is 0.142. The normalized spacial score (nSPS) is 13.1. The highest BCUT2D eigenvalue weighted by Crippen LogP contribution is 2.25. The van der Waals surface area contributed by atoms with E-state index < -0.39 is 22.0 Å². The molecule has 0 unspecified atom stereocenters. The summed E-state index contributed by atoms with van der Waals surface area (Å²) in [5.41, 5.74) is 2.19. The Bertz CT molecular complexity index is 1750. The standard InChI is InChI=1S/C36H43N3O7S/c1-24(2)22-39(47(43,44)32-13-11-31(45-5)12-14-32)23-35(42)28(17-27-9-7-6-8-10-27)19-34(41)30-18-29(20-37-21-30)33(40)15-16-36-25(3)38-26(4)46-36/h6-14,18,20-21,24,28,35,42H,15-17,19,22-23H2,1-5H3/t28-,35-/m1/s1. The maximum Gasteiger partial charge on any atom is 0.243 e. The Labute approximate surface area is 276 Å². The van der Waals surface area contributed by atoms with Crippen molar-refractivity contribution >= 4 is 21.6 Å². The minimum absolute atomic E-state index is 0.0206. The van der Waals surface area contributed by atoms with Crippen molar-refractivity contribution in [3.63, 3.8) is 0 Å². The topological polar surface area (TPSA) is 140 Å². The minimum atomic E-state index is -3.97. The summed E-state index contributed by atoms with van der Waals surface area (Å²) in [7, 11) is -2.47. The van der Waals surface area contributed by atoms with E-state index in [0.29, 0.717) is 35.8 Å². The molecule has 2 aromatic heterocycles. The number of aliphatic hydroxyl groups is 1. The fraction of sp³-hybridized carbons (Fsp3) is 0.389. The van der Waals surface area contributed by atoms with Gasteiger partial charge in [-0.2, -0.15) is 4.31 Å². The van der Waals surface area contributed by atoms with Crippen molar-refractivity contribution in [2.24, 2.45) is 11.8 Å². The Morgan fingerprint density at radius 3 is 2.21 bits per heavy atom. The molecule has 10 nitrogen and oxygen atoms in total. The van der Waals surface area contributed by atoms with Gasteiger partial charge in [-0.15, -0.1) is 0 Å². The van der Waals surface area contributed by atoms with Gasteiger partial charge in [-0.1, -0.05) is 44.2 Å². The van der Waals surface area contributed by atoms with Crippen LogP contribution in [0.4, 0.5) is 0 Å². The molecule has 0 bridgehead atoms. The second-order valence-corrected chi connectivity index (χ2v) is 14.1. The number of hydrogen-bond acceptors (Lipinski definition) is 9. The van der Waals surface area contributed by atoms with Crippen LogP contribution in [-0.4, -0.2) is 65.7 Å². The SMILES string of the molecule is COc1ccc(S(=O)(=O)N(CC(C)C)C[C@@H](O)[C@@H](CC(=O)c2cncc(C(=O)CCc3oc(C)nc3C)c2)Cc2ccccc2)cc1. The van der Waals surface area contributed by atoms with Crippen LogP contribution in [0.25, 0.3) is 0 Å². The van der Waals surface area contributed by atoms with Crippen molar-refractivity contribution in [2.45, 2.75) is 64.4 Å². The summed E-state index contributed by atoms with van der Waals surface area (Å²) in [5, 5.41) is 11.6. The summed E-state index contributed by atoms with van der Waals surface area (Å²) < 4.78 is 39.5. The highest BCUT2D eigenvalue weighted by Gasteiger charge is 2.32. The van der Waals surface area contributed by atoms with E-state index in [9.17, 15) is 23.1 Å². The first-order valence-electron chi connectivity index (χ1n) is 15.7. The summed E-state index contributed by atoms with van der Waals surface area (Å²) in [5.74, 6) is 0.583. The Hall–Kier alpha value is -4.19. The molecular formula is C36H43N3O7S. The molecule has 0 spiro atoms. The lowest BCUT2D eigenvalue weighted by molar-refractivity contribution is 0.0689. The first-order valence-corrected chi connectivity index (χ1v) is 17.1. The van der Waals surface area contributed by atoms with Crippen LogP contribution in [0, 0.1) is 25.7 Å². The number of hydrogen-bond donors (Lipinski definition) is 1. The Kier molecular flexibility index (Phi) is 12.2. The van der Waals surface area contributed by atoms with Crippen LogP contribution >= 0.6 is 0 Å². The van der Waals surface area contributed by atoms with E-state index in [1.807, 2.05) is 51.1 Å². The van der Waals surface area contributed by atoms with E-state index in [4.69, 9.17) is 9.15 Å². The predicted octanol–water partition coefficient (Wildman–Crippen LogP) is 5.65. The number of aliphatic hydroxyl groups excluding tert-OH is 1. The smallest absolute Gasteiger partial charge is 0.243 e. The van der Waals surface area contributed by atoms with Gasteiger partial charge < -0.3 is 14.3 Å². The highest BCUT2D eigenvalue weighted by atomic mass is 32.2. The molecule has 11 heteroatoms. The van der Waals surface area contributed by atoms with Crippen LogP contribution in [0.3, 0.4) is 0 Å². The number of ketones is 2. The third-order valence-corrected chi connectivity index (χ3v) is 9.80. The number of methoxy groups -OCH3 is 1. The number of pyridine rings is 1. The summed E-state index contributed by atoms with van der Waals surface area (Å²) in [6, 6.07) is 17.1. The molecule has 0 saturated heterocycles. The predicted molar refractivity (Wildman–Crippen MR) is 178 cm³/mol. The van der Waals surface area contributed by atoms with E-state index in [2.05, 4.69) is 9.97 Å². The van der Waals surface area contributed by atoms with E-state index in [1.54, 1.807) is 19.1 Å². The lowest BCUT2D eigenvalue weighted by Gasteiger charge is -2.30. The van der Waals surface area contributed by atoms with E-state index >= 15 is 0 Å². The molecule has 4 aromatic rings. The van der Waals surface area contributed by atoms with Crippen LogP contribution in [0.2, 0.25) is 0 Å². The number of oxazole rings is 1. The molecular weight excluding hydrogens is 618 g/mol. The Morgan fingerprint density at radius 1 is 0.957 bits per heavy atom. The van der Waals surface area contributed by atoms with Gasteiger partial charge in [0, 0.05) is 62.8 Å². The first kappa shape index (κ1) is 35.7. The molecule has 0 fully saturated rings. The monoisotopic (exact) mass is 661 g/mol. The summed E-state index contributed by atoms with van der Waals surface area (Å²) in [6.07, 6.45) is 2.48. The number of Topliss-reactive ketones (excluding diaryl/α,β-unsaturated/α-hetero) is 2. The van der Waals surface area contributed by atoms with Crippen LogP contribution in [-0.2, 0) is 22.9 Å². The molecule has 47 heavy (non-hydrogen) atoms. The highest BCUT2D eigenvalue weighted by molar-refractivity contribution is 7.89. The molecule has 0 aliphatic heterocycles. The zero-order valence-electron chi connectivity index (χ0n) is 27.5. The number of carbonyl (C=O) groups excluding carboxylic acids is 2. The van der Waals surface area contributed by atoms with Gasteiger partial charge in [-0.25, -0.2) is 13.4 Å². The number of aryl methyl sites for hydroxylation is 3. The lowest BCUT2D eigenvalue weighted by Crippen LogP contribution is -2.43. The third kappa shape index (κ3) is 9.66. The molecule has 1 N–H and O–H groups in total. The van der Waals surface area contributed by atoms with Crippen molar-refractivity contribution in [2.75, 3.05) is 20.2 Å². The van der Waals surface area contributed by atoms with Crippen LogP contribution in [0.15, 0.2) is 82.4 Å². The fourth-order valence-electron chi connectivity index (χ4n) is 5.47. The fourth-order valence-corrected chi connectivity index (χ4v) is 7.09. The summed E-state index contributed by atoms with van der Waals surface area (Å²) in [4.78, 5) is 35.2. The second kappa shape index (κ2) is 16.1.